The van der Waals surface area contributed by atoms with Crippen LogP contribution in [0.3, 0.4) is 0 Å². The molecule has 2 aromatic rings. The Morgan fingerprint density at radius 3 is 2.33 bits per heavy atom. The lowest BCUT2D eigenvalue weighted by atomic mass is 10.2. The molecule has 0 spiro atoms. The molecule has 3 amide bonds. The van der Waals surface area contributed by atoms with E-state index in [0.29, 0.717) is 45.4 Å². The smallest absolute Gasteiger partial charge is 0.321 e. The summed E-state index contributed by atoms with van der Waals surface area (Å²) in [5.41, 5.74) is 1.45. The predicted molar refractivity (Wildman–Crippen MR) is 150 cm³/mol. The van der Waals surface area contributed by atoms with Gasteiger partial charge in [-0.1, -0.05) is 58.9 Å². The van der Waals surface area contributed by atoms with Crippen molar-refractivity contribution in [2.45, 2.75) is 25.7 Å². The summed E-state index contributed by atoms with van der Waals surface area (Å²) < 4.78 is 0. The zero-order chi connectivity index (χ0) is 25.9. The van der Waals surface area contributed by atoms with Crippen LogP contribution in [-0.4, -0.2) is 61.0 Å². The number of carbonyl (C=O) groups is 2. The Balaban J connectivity index is 1.28. The van der Waals surface area contributed by atoms with E-state index in [1.54, 1.807) is 36.4 Å². The Kier molecular flexibility index (Phi) is 11.7. The Morgan fingerprint density at radius 2 is 1.58 bits per heavy atom. The van der Waals surface area contributed by atoms with Crippen molar-refractivity contribution in [2.24, 2.45) is 0 Å². The highest BCUT2D eigenvalue weighted by molar-refractivity contribution is 6.42. The quantitative estimate of drug-likeness (QED) is 0.256. The van der Waals surface area contributed by atoms with Gasteiger partial charge < -0.3 is 20.4 Å². The van der Waals surface area contributed by atoms with E-state index >= 15 is 0 Å². The van der Waals surface area contributed by atoms with Crippen molar-refractivity contribution in [2.75, 3.05) is 44.6 Å². The van der Waals surface area contributed by atoms with Crippen molar-refractivity contribution < 1.29 is 9.59 Å². The van der Waals surface area contributed by atoms with Crippen molar-refractivity contribution in [3.63, 3.8) is 0 Å². The van der Waals surface area contributed by atoms with Gasteiger partial charge in [0.2, 0.25) is 5.91 Å². The summed E-state index contributed by atoms with van der Waals surface area (Å²) in [4.78, 5) is 28.9. The second-order valence-electron chi connectivity index (χ2n) is 8.60. The molecule has 36 heavy (non-hydrogen) atoms. The summed E-state index contributed by atoms with van der Waals surface area (Å²) in [7, 11) is 0. The van der Waals surface area contributed by atoms with Gasteiger partial charge in [-0.3, -0.25) is 4.79 Å². The number of benzene rings is 2. The average Bonchev–Trinajstić information content (AvgIpc) is 3.10. The molecule has 0 saturated carbocycles. The lowest BCUT2D eigenvalue weighted by molar-refractivity contribution is -0.116. The summed E-state index contributed by atoms with van der Waals surface area (Å²) in [5.74, 6) is -0.132. The molecule has 2 aromatic carbocycles. The lowest BCUT2D eigenvalue weighted by Crippen LogP contribution is -2.38. The topological polar surface area (TPSA) is 64.7 Å². The monoisotopic (exact) mass is 570 g/mol. The number of rotatable bonds is 9. The molecule has 0 bridgehead atoms. The number of anilines is 1. The second-order valence-corrected chi connectivity index (χ2v) is 10.2. The number of unbranched alkanes of at least 4 members (excludes halogenated alkanes) is 2. The highest BCUT2D eigenvalue weighted by atomic mass is 35.5. The first kappa shape index (κ1) is 28.6. The van der Waals surface area contributed by atoms with Crippen LogP contribution in [0, 0.1) is 0 Å². The van der Waals surface area contributed by atoms with Gasteiger partial charge in [0.05, 0.1) is 20.1 Å². The van der Waals surface area contributed by atoms with Gasteiger partial charge in [0.25, 0.3) is 0 Å². The lowest BCUT2D eigenvalue weighted by Gasteiger charge is -2.22. The maximum Gasteiger partial charge on any atom is 0.321 e. The van der Waals surface area contributed by atoms with Crippen molar-refractivity contribution in [3.8, 4) is 0 Å². The number of hydrogen-bond acceptors (Lipinski definition) is 3. The maximum atomic E-state index is 12.6. The molecule has 2 N–H and O–H groups in total. The standard InChI is InChI=1S/C26H30Cl4N4O2/c27-21-8-5-19(17-23(21)29)6-10-25(35)31-11-2-1-3-12-33-13-4-14-34(16-15-33)26(36)32-20-7-9-22(28)24(30)18-20/h5-10,17-18H,1-4,11-16H2,(H,31,35)(H,32,36)/b10-6+. The maximum absolute atomic E-state index is 12.6. The van der Waals surface area contributed by atoms with Gasteiger partial charge in [0.1, 0.15) is 0 Å². The molecule has 194 valence electrons. The fourth-order valence-corrected chi connectivity index (χ4v) is 4.47. The van der Waals surface area contributed by atoms with Crippen molar-refractivity contribution in [3.05, 3.63) is 68.1 Å². The van der Waals surface area contributed by atoms with Crippen LogP contribution in [-0.2, 0) is 4.79 Å². The highest BCUT2D eigenvalue weighted by Crippen LogP contribution is 2.25. The van der Waals surface area contributed by atoms with Gasteiger partial charge in [-0.15, -0.1) is 0 Å². The predicted octanol–water partition coefficient (Wildman–Crippen LogP) is 6.84. The minimum Gasteiger partial charge on any atom is -0.353 e. The van der Waals surface area contributed by atoms with Crippen LogP contribution < -0.4 is 10.6 Å². The second kappa shape index (κ2) is 14.7. The fraction of sp³-hybridized carbons (Fsp3) is 0.385. The number of halogens is 4. The molecule has 1 heterocycles. The van der Waals surface area contributed by atoms with E-state index in [0.717, 1.165) is 50.9 Å². The zero-order valence-electron chi connectivity index (χ0n) is 19.9. The number of nitrogens with one attached hydrogen (secondary N) is 2. The van der Waals surface area contributed by atoms with E-state index in [9.17, 15) is 9.59 Å². The molecule has 1 aliphatic rings. The third kappa shape index (κ3) is 9.49. The van der Waals surface area contributed by atoms with Crippen LogP contribution in [0.15, 0.2) is 42.5 Å². The molecule has 0 radical (unpaired) electrons. The molecule has 1 fully saturated rings. The van der Waals surface area contributed by atoms with Gasteiger partial charge in [-0.05, 0) is 74.3 Å². The fourth-order valence-electron chi connectivity index (χ4n) is 3.87. The number of carbonyl (C=O) groups excluding carboxylic acids is 2. The third-order valence-corrected chi connectivity index (χ3v) is 7.35. The van der Waals surface area contributed by atoms with E-state index in [4.69, 9.17) is 46.4 Å². The van der Waals surface area contributed by atoms with Gasteiger partial charge in [0, 0.05) is 37.9 Å². The Morgan fingerprint density at radius 1 is 0.833 bits per heavy atom. The summed E-state index contributed by atoms with van der Waals surface area (Å²) in [6, 6.07) is 10.2. The van der Waals surface area contributed by atoms with Crippen LogP contribution in [0.1, 0.15) is 31.2 Å². The summed E-state index contributed by atoms with van der Waals surface area (Å²) in [6.07, 6.45) is 7.12. The molecule has 0 aliphatic carbocycles. The number of urea groups is 1. The largest absolute Gasteiger partial charge is 0.353 e. The summed E-state index contributed by atoms with van der Waals surface area (Å²) >= 11 is 23.9. The van der Waals surface area contributed by atoms with E-state index in [1.807, 2.05) is 11.0 Å². The highest BCUT2D eigenvalue weighted by Gasteiger charge is 2.19. The van der Waals surface area contributed by atoms with Gasteiger partial charge >= 0.3 is 6.03 Å². The van der Waals surface area contributed by atoms with Crippen molar-refractivity contribution in [1.29, 1.82) is 0 Å². The van der Waals surface area contributed by atoms with Gasteiger partial charge in [0.15, 0.2) is 0 Å². The summed E-state index contributed by atoms with van der Waals surface area (Å²) in [6.45, 7) is 4.80. The van der Waals surface area contributed by atoms with Gasteiger partial charge in [-0.25, -0.2) is 4.79 Å². The van der Waals surface area contributed by atoms with Crippen molar-refractivity contribution in [1.82, 2.24) is 15.1 Å². The minimum atomic E-state index is -0.132. The Bertz CT molecular complexity index is 1080. The minimum absolute atomic E-state index is 0.126. The van der Waals surface area contributed by atoms with E-state index in [1.165, 1.54) is 6.08 Å². The molecule has 3 rings (SSSR count). The molecular formula is C26H30Cl4N4O2. The molecule has 1 saturated heterocycles. The molecule has 10 heteroatoms. The Labute approximate surface area is 232 Å². The first-order valence-electron chi connectivity index (χ1n) is 12.0. The number of hydrogen-bond donors (Lipinski definition) is 2. The molecule has 0 aromatic heterocycles. The molecule has 0 atom stereocenters. The van der Waals surface area contributed by atoms with Crippen LogP contribution >= 0.6 is 46.4 Å². The number of amides is 3. The molecular weight excluding hydrogens is 542 g/mol. The van der Waals surface area contributed by atoms with Crippen LogP contribution in [0.4, 0.5) is 10.5 Å². The average molecular weight is 572 g/mol. The zero-order valence-corrected chi connectivity index (χ0v) is 22.9. The normalized spacial score (nSPS) is 14.6. The van der Waals surface area contributed by atoms with Crippen molar-refractivity contribution >= 4 is 70.1 Å². The summed E-state index contributed by atoms with van der Waals surface area (Å²) in [5, 5.41) is 7.62. The van der Waals surface area contributed by atoms with E-state index < -0.39 is 0 Å². The van der Waals surface area contributed by atoms with E-state index in [2.05, 4.69) is 15.5 Å². The first-order valence-corrected chi connectivity index (χ1v) is 13.5. The van der Waals surface area contributed by atoms with Gasteiger partial charge in [-0.2, -0.15) is 0 Å². The van der Waals surface area contributed by atoms with Crippen LogP contribution in [0.25, 0.3) is 6.08 Å². The molecule has 6 nitrogen and oxygen atoms in total. The van der Waals surface area contributed by atoms with Crippen LogP contribution in [0.2, 0.25) is 20.1 Å². The van der Waals surface area contributed by atoms with E-state index in [-0.39, 0.29) is 11.9 Å². The first-order chi connectivity index (χ1) is 17.3. The Hall–Kier alpha value is -1.96. The number of nitrogens with zero attached hydrogens (tertiary/aromatic N) is 2. The molecule has 0 unspecified atom stereocenters. The third-order valence-electron chi connectivity index (χ3n) is 5.87. The SMILES string of the molecule is O=C(/C=C/c1ccc(Cl)c(Cl)c1)NCCCCCN1CCCN(C(=O)Nc2ccc(Cl)c(Cl)c2)CC1. The molecule has 1 aliphatic heterocycles. The van der Waals surface area contributed by atoms with Crippen LogP contribution in [0.5, 0.6) is 0 Å².